The number of likely N-dealkylation sites (tertiary alicyclic amines) is 1. The summed E-state index contributed by atoms with van der Waals surface area (Å²) in [6.07, 6.45) is 6.22. The van der Waals surface area contributed by atoms with Crippen LogP contribution >= 0.6 is 24.0 Å². The Morgan fingerprint density at radius 1 is 1.29 bits per heavy atom. The molecule has 0 saturated carbocycles. The summed E-state index contributed by atoms with van der Waals surface area (Å²) in [4.78, 5) is 32.6. The monoisotopic (exact) mass is 507 g/mol. The lowest BCUT2D eigenvalue weighted by molar-refractivity contribution is -0.130. The van der Waals surface area contributed by atoms with Crippen LogP contribution < -0.4 is 10.6 Å². The van der Waals surface area contributed by atoms with Crippen molar-refractivity contribution < 1.29 is 9.59 Å². The highest BCUT2D eigenvalue weighted by atomic mass is 127. The highest BCUT2D eigenvalue weighted by Crippen LogP contribution is 2.33. The number of nitrogens with one attached hydrogen (secondary N) is 2. The first-order chi connectivity index (χ1) is 12.8. The maximum atomic E-state index is 12.4. The van der Waals surface area contributed by atoms with E-state index in [2.05, 4.69) is 34.4 Å². The highest BCUT2D eigenvalue weighted by molar-refractivity contribution is 14.0. The van der Waals surface area contributed by atoms with Crippen LogP contribution in [-0.2, 0) is 4.79 Å². The second-order valence-electron chi connectivity index (χ2n) is 8.49. The molecule has 0 aromatic carbocycles. The lowest BCUT2D eigenvalue weighted by Gasteiger charge is -2.42. The average Bonchev–Trinajstić information content (AvgIpc) is 2.85. The normalized spacial score (nSPS) is 28.2. The van der Waals surface area contributed by atoms with E-state index in [-0.39, 0.29) is 35.9 Å². The molecule has 2 aliphatic rings. The van der Waals surface area contributed by atoms with E-state index in [1.807, 2.05) is 14.0 Å². The third-order valence-electron chi connectivity index (χ3n) is 6.04. The Hall–Kier alpha value is -1.06. The van der Waals surface area contributed by atoms with Gasteiger partial charge in [0.1, 0.15) is 5.54 Å². The number of aliphatic imine (C=N–C) groups is 1. The molecule has 2 saturated heterocycles. The third-order valence-corrected chi connectivity index (χ3v) is 6.04. The van der Waals surface area contributed by atoms with Gasteiger partial charge in [0, 0.05) is 33.2 Å². The van der Waals surface area contributed by atoms with Gasteiger partial charge in [0.05, 0.1) is 0 Å². The number of urea groups is 1. The van der Waals surface area contributed by atoms with Gasteiger partial charge in [0.15, 0.2) is 5.96 Å². The first-order valence-electron chi connectivity index (χ1n) is 10.4. The largest absolute Gasteiger partial charge is 0.356 e. The second-order valence-corrected chi connectivity index (χ2v) is 8.49. The summed E-state index contributed by atoms with van der Waals surface area (Å²) in [5, 5.41) is 6.21. The smallest absolute Gasteiger partial charge is 0.325 e. The summed E-state index contributed by atoms with van der Waals surface area (Å²) in [7, 11) is 1.82. The van der Waals surface area contributed by atoms with Crippen molar-refractivity contribution in [1.29, 1.82) is 0 Å². The SMILES string of the molecule is CCCC1(C)CCCN(C(=NC)NCCCN2C(=O)NC(C)(CC)C2=O)C1.I. The number of imide groups is 1. The molecule has 3 amide bonds. The Morgan fingerprint density at radius 2 is 2.00 bits per heavy atom. The molecule has 0 bridgehead atoms. The molecule has 162 valence electrons. The van der Waals surface area contributed by atoms with Crippen molar-refractivity contribution in [3.8, 4) is 0 Å². The Kier molecular flexibility index (Phi) is 9.49. The molecule has 2 N–H and O–H groups in total. The second kappa shape index (κ2) is 10.6. The summed E-state index contributed by atoms with van der Waals surface area (Å²) in [5.74, 6) is 0.804. The lowest BCUT2D eigenvalue weighted by Crippen LogP contribution is -2.50. The molecule has 2 aliphatic heterocycles. The summed E-state index contributed by atoms with van der Waals surface area (Å²) in [6.45, 7) is 11.5. The number of carbonyl (C=O) groups is 2. The molecule has 0 radical (unpaired) electrons. The molecule has 2 rings (SSSR count). The van der Waals surface area contributed by atoms with E-state index in [9.17, 15) is 9.59 Å². The molecular weight excluding hydrogens is 469 g/mol. The van der Waals surface area contributed by atoms with Gasteiger partial charge in [-0.05, 0) is 44.4 Å². The third kappa shape index (κ3) is 5.73. The number of rotatable bonds is 7. The number of hydrogen-bond acceptors (Lipinski definition) is 3. The van der Waals surface area contributed by atoms with E-state index in [1.165, 1.54) is 30.6 Å². The van der Waals surface area contributed by atoms with Crippen molar-refractivity contribution in [3.05, 3.63) is 0 Å². The van der Waals surface area contributed by atoms with Crippen molar-refractivity contribution in [1.82, 2.24) is 20.4 Å². The molecule has 2 atom stereocenters. The quantitative estimate of drug-likeness (QED) is 0.183. The van der Waals surface area contributed by atoms with E-state index in [1.54, 1.807) is 6.92 Å². The van der Waals surface area contributed by atoms with Gasteiger partial charge in [-0.2, -0.15) is 0 Å². The molecule has 2 fully saturated rings. The minimum Gasteiger partial charge on any atom is -0.356 e. The molecule has 28 heavy (non-hydrogen) atoms. The van der Waals surface area contributed by atoms with Crippen molar-refractivity contribution in [2.24, 2.45) is 10.4 Å². The highest BCUT2D eigenvalue weighted by Gasteiger charge is 2.46. The Bertz CT molecular complexity index is 581. The fourth-order valence-electron chi connectivity index (χ4n) is 4.26. The van der Waals surface area contributed by atoms with E-state index in [0.29, 0.717) is 31.3 Å². The number of hydrogen-bond donors (Lipinski definition) is 2. The van der Waals surface area contributed by atoms with Gasteiger partial charge >= 0.3 is 6.03 Å². The van der Waals surface area contributed by atoms with Crippen LogP contribution in [0.2, 0.25) is 0 Å². The molecule has 2 unspecified atom stereocenters. The Labute approximate surface area is 187 Å². The van der Waals surface area contributed by atoms with Crippen LogP contribution in [0.1, 0.15) is 66.2 Å². The Balaban J connectivity index is 0.00000392. The molecule has 2 heterocycles. The van der Waals surface area contributed by atoms with Crippen molar-refractivity contribution in [2.45, 2.75) is 71.8 Å². The predicted octanol–water partition coefficient (Wildman–Crippen LogP) is 3.19. The zero-order chi connectivity index (χ0) is 20.1. The minimum absolute atomic E-state index is 0. The molecular formula is C20H38IN5O2. The number of halogens is 1. The van der Waals surface area contributed by atoms with Gasteiger partial charge in [-0.25, -0.2) is 4.79 Å². The molecule has 0 aromatic rings. The van der Waals surface area contributed by atoms with Gasteiger partial charge in [-0.3, -0.25) is 14.7 Å². The first kappa shape index (κ1) is 25.0. The fourth-order valence-corrected chi connectivity index (χ4v) is 4.26. The molecule has 7 nitrogen and oxygen atoms in total. The Morgan fingerprint density at radius 3 is 2.57 bits per heavy atom. The predicted molar refractivity (Wildman–Crippen MR) is 124 cm³/mol. The maximum absolute atomic E-state index is 12.4. The standard InChI is InChI=1S/C20H37N5O2.HI/c1-6-10-19(3)11-8-13-24(15-19)17(21-5)22-12-9-14-25-16(26)20(4,7-2)23-18(25)27;/h6-15H2,1-5H3,(H,21,22)(H,23,27);1H. The van der Waals surface area contributed by atoms with Gasteiger partial charge in [-0.1, -0.05) is 27.2 Å². The number of piperidine rings is 1. The van der Waals surface area contributed by atoms with Gasteiger partial charge in [0.25, 0.3) is 5.91 Å². The first-order valence-corrected chi connectivity index (χ1v) is 10.4. The summed E-state index contributed by atoms with van der Waals surface area (Å²) >= 11 is 0. The van der Waals surface area contributed by atoms with Gasteiger partial charge in [-0.15, -0.1) is 24.0 Å². The van der Waals surface area contributed by atoms with Crippen LogP contribution in [0, 0.1) is 5.41 Å². The average molecular weight is 507 g/mol. The van der Waals surface area contributed by atoms with Gasteiger partial charge in [0.2, 0.25) is 0 Å². The number of guanidine groups is 1. The van der Waals surface area contributed by atoms with Gasteiger partial charge < -0.3 is 15.5 Å². The van der Waals surface area contributed by atoms with Crippen LogP contribution in [0.4, 0.5) is 4.79 Å². The van der Waals surface area contributed by atoms with Crippen LogP contribution in [-0.4, -0.2) is 66.5 Å². The van der Waals surface area contributed by atoms with E-state index >= 15 is 0 Å². The number of amides is 3. The lowest BCUT2D eigenvalue weighted by atomic mass is 9.78. The van der Waals surface area contributed by atoms with Crippen molar-refractivity contribution >= 4 is 41.9 Å². The molecule has 8 heteroatoms. The summed E-state index contributed by atoms with van der Waals surface area (Å²) < 4.78 is 0. The zero-order valence-electron chi connectivity index (χ0n) is 18.1. The zero-order valence-corrected chi connectivity index (χ0v) is 20.5. The summed E-state index contributed by atoms with van der Waals surface area (Å²) in [6, 6.07) is -0.278. The number of carbonyl (C=O) groups excluding carboxylic acids is 2. The molecule has 0 aromatic heterocycles. The fraction of sp³-hybridized carbons (Fsp3) is 0.850. The minimum atomic E-state index is -0.752. The molecule has 0 spiro atoms. The number of nitrogens with zero attached hydrogens (tertiary/aromatic N) is 3. The van der Waals surface area contributed by atoms with E-state index in [4.69, 9.17) is 0 Å². The van der Waals surface area contributed by atoms with E-state index in [0.717, 1.165) is 19.0 Å². The van der Waals surface area contributed by atoms with Crippen LogP contribution in [0.25, 0.3) is 0 Å². The van der Waals surface area contributed by atoms with Crippen molar-refractivity contribution in [2.75, 3.05) is 33.2 Å². The topological polar surface area (TPSA) is 77.0 Å². The molecule has 0 aliphatic carbocycles. The summed E-state index contributed by atoms with van der Waals surface area (Å²) in [5.41, 5.74) is -0.395. The van der Waals surface area contributed by atoms with E-state index < -0.39 is 5.54 Å². The van der Waals surface area contributed by atoms with Crippen LogP contribution in [0.5, 0.6) is 0 Å². The van der Waals surface area contributed by atoms with Crippen molar-refractivity contribution in [3.63, 3.8) is 0 Å². The maximum Gasteiger partial charge on any atom is 0.325 e. The van der Waals surface area contributed by atoms with Crippen LogP contribution in [0.15, 0.2) is 4.99 Å². The van der Waals surface area contributed by atoms with Crippen LogP contribution in [0.3, 0.4) is 0 Å².